The lowest BCUT2D eigenvalue weighted by Crippen LogP contribution is -2.23. The molecule has 1 aromatic carbocycles. The highest BCUT2D eigenvalue weighted by Gasteiger charge is 2.44. The predicted octanol–water partition coefficient (Wildman–Crippen LogP) is 2.44. The summed E-state index contributed by atoms with van der Waals surface area (Å²) in [6.45, 7) is 7.66. The molecule has 2 N–H and O–H groups in total. The molecule has 0 heterocycles. The van der Waals surface area contributed by atoms with Crippen LogP contribution in [0, 0.1) is 11.3 Å². The molecule has 0 bridgehead atoms. The molecule has 1 unspecified atom stereocenters. The van der Waals surface area contributed by atoms with Gasteiger partial charge in [0.25, 0.3) is 0 Å². The lowest BCUT2D eigenvalue weighted by Gasteiger charge is -2.09. The minimum Gasteiger partial charge on any atom is -0.385 e. The number of benzene rings is 1. The van der Waals surface area contributed by atoms with E-state index < -0.39 is 10.0 Å². The van der Waals surface area contributed by atoms with E-state index >= 15 is 0 Å². The van der Waals surface area contributed by atoms with Crippen molar-refractivity contribution in [3.63, 3.8) is 0 Å². The monoisotopic (exact) mass is 282 g/mol. The molecule has 1 saturated carbocycles. The van der Waals surface area contributed by atoms with Gasteiger partial charge < -0.3 is 5.32 Å². The Kier molecular flexibility index (Phi) is 3.87. The van der Waals surface area contributed by atoms with Crippen molar-refractivity contribution in [1.29, 1.82) is 0 Å². The molecule has 2 rings (SSSR count). The van der Waals surface area contributed by atoms with Gasteiger partial charge in [-0.15, -0.1) is 0 Å². The highest BCUT2D eigenvalue weighted by Crippen LogP contribution is 2.51. The van der Waals surface area contributed by atoms with E-state index in [0.29, 0.717) is 16.9 Å². The summed E-state index contributed by atoms with van der Waals surface area (Å²) in [5.74, 6) is 0.720. The number of rotatable bonds is 6. The molecule has 0 amide bonds. The van der Waals surface area contributed by atoms with Crippen LogP contribution in [-0.4, -0.2) is 21.5 Å². The highest BCUT2D eigenvalue weighted by molar-refractivity contribution is 7.89. The lowest BCUT2D eigenvalue weighted by atomic mass is 10.1. The van der Waals surface area contributed by atoms with Gasteiger partial charge in [0.1, 0.15) is 0 Å². The smallest absolute Gasteiger partial charge is 0.240 e. The number of hydrogen-bond acceptors (Lipinski definition) is 3. The van der Waals surface area contributed by atoms with Gasteiger partial charge in [-0.05, 0) is 42.0 Å². The van der Waals surface area contributed by atoms with E-state index in [1.165, 1.54) is 6.42 Å². The van der Waals surface area contributed by atoms with Crippen LogP contribution in [0.2, 0.25) is 0 Å². The first-order valence-electron chi connectivity index (χ1n) is 6.69. The molecule has 0 spiro atoms. The summed E-state index contributed by atoms with van der Waals surface area (Å²) < 4.78 is 26.0. The van der Waals surface area contributed by atoms with Crippen LogP contribution in [0.3, 0.4) is 0 Å². The summed E-state index contributed by atoms with van der Waals surface area (Å²) in [7, 11) is -3.34. The number of sulfonamides is 1. The largest absolute Gasteiger partial charge is 0.385 e. The maximum absolute atomic E-state index is 11.8. The van der Waals surface area contributed by atoms with Crippen molar-refractivity contribution in [2.75, 3.05) is 18.4 Å². The standard InChI is InChI=1S/C14H22N2O2S/c1-4-16-19(17,18)13-7-5-12(6-8-13)15-10-11-9-14(11,2)3/h5-8,11,15-16H,4,9-10H2,1-3H3. The van der Waals surface area contributed by atoms with E-state index in [-0.39, 0.29) is 0 Å². The first kappa shape index (κ1) is 14.3. The molecule has 19 heavy (non-hydrogen) atoms. The van der Waals surface area contributed by atoms with Gasteiger partial charge in [0, 0.05) is 18.8 Å². The van der Waals surface area contributed by atoms with Crippen LogP contribution in [-0.2, 0) is 10.0 Å². The second-order valence-electron chi connectivity index (χ2n) is 5.80. The second kappa shape index (κ2) is 5.13. The SMILES string of the molecule is CCNS(=O)(=O)c1ccc(NCC2CC2(C)C)cc1. The zero-order valence-electron chi connectivity index (χ0n) is 11.7. The van der Waals surface area contributed by atoms with Crippen LogP contribution < -0.4 is 10.0 Å². The van der Waals surface area contributed by atoms with E-state index in [4.69, 9.17) is 0 Å². The van der Waals surface area contributed by atoms with Crippen molar-refractivity contribution in [2.24, 2.45) is 11.3 Å². The van der Waals surface area contributed by atoms with Gasteiger partial charge in [-0.2, -0.15) is 0 Å². The third kappa shape index (κ3) is 3.48. The summed E-state index contributed by atoms with van der Waals surface area (Å²) in [6.07, 6.45) is 1.26. The normalized spacial score (nSPS) is 21.1. The van der Waals surface area contributed by atoms with Gasteiger partial charge in [0.2, 0.25) is 10.0 Å². The summed E-state index contributed by atoms with van der Waals surface area (Å²) in [4.78, 5) is 0.312. The minimum absolute atomic E-state index is 0.312. The minimum atomic E-state index is -3.34. The van der Waals surface area contributed by atoms with Crippen LogP contribution in [0.5, 0.6) is 0 Å². The van der Waals surface area contributed by atoms with Gasteiger partial charge in [-0.3, -0.25) is 0 Å². The van der Waals surface area contributed by atoms with Gasteiger partial charge in [-0.25, -0.2) is 13.1 Å². The third-order valence-corrected chi connectivity index (χ3v) is 5.33. The Balaban J connectivity index is 1.95. The molecule has 1 aliphatic rings. The second-order valence-corrected chi connectivity index (χ2v) is 7.56. The van der Waals surface area contributed by atoms with Crippen LogP contribution in [0.25, 0.3) is 0 Å². The van der Waals surface area contributed by atoms with E-state index in [2.05, 4.69) is 23.9 Å². The Labute approximate surface area is 115 Å². The Bertz CT molecular complexity index is 535. The van der Waals surface area contributed by atoms with Crippen molar-refractivity contribution in [2.45, 2.75) is 32.1 Å². The fourth-order valence-corrected chi connectivity index (χ4v) is 3.23. The Morgan fingerprint density at radius 3 is 2.32 bits per heavy atom. The quantitative estimate of drug-likeness (QED) is 0.842. The first-order valence-corrected chi connectivity index (χ1v) is 8.17. The fourth-order valence-electron chi connectivity index (χ4n) is 2.19. The van der Waals surface area contributed by atoms with Crippen molar-refractivity contribution in [1.82, 2.24) is 4.72 Å². The van der Waals surface area contributed by atoms with Crippen molar-refractivity contribution in [3.05, 3.63) is 24.3 Å². The molecule has 1 aliphatic carbocycles. The molecule has 0 radical (unpaired) electrons. The maximum Gasteiger partial charge on any atom is 0.240 e. The van der Waals surface area contributed by atoms with E-state index in [1.54, 1.807) is 19.1 Å². The lowest BCUT2D eigenvalue weighted by molar-refractivity contribution is 0.573. The molecule has 1 fully saturated rings. The Morgan fingerprint density at radius 2 is 1.84 bits per heavy atom. The zero-order chi connectivity index (χ0) is 14.1. The number of nitrogens with one attached hydrogen (secondary N) is 2. The molecule has 106 valence electrons. The molecule has 4 nitrogen and oxygen atoms in total. The molecule has 0 saturated heterocycles. The zero-order valence-corrected chi connectivity index (χ0v) is 12.5. The number of hydrogen-bond donors (Lipinski definition) is 2. The first-order chi connectivity index (χ1) is 8.85. The molecule has 0 aliphatic heterocycles. The van der Waals surface area contributed by atoms with Crippen LogP contribution in [0.1, 0.15) is 27.2 Å². The van der Waals surface area contributed by atoms with Crippen LogP contribution in [0.4, 0.5) is 5.69 Å². The van der Waals surface area contributed by atoms with Crippen molar-refractivity contribution in [3.8, 4) is 0 Å². The van der Waals surface area contributed by atoms with Gasteiger partial charge in [-0.1, -0.05) is 20.8 Å². The summed E-state index contributed by atoms with van der Waals surface area (Å²) in [5, 5.41) is 3.36. The summed E-state index contributed by atoms with van der Waals surface area (Å²) in [6, 6.07) is 6.91. The van der Waals surface area contributed by atoms with Gasteiger partial charge >= 0.3 is 0 Å². The summed E-state index contributed by atoms with van der Waals surface area (Å²) in [5.41, 5.74) is 1.43. The number of anilines is 1. The third-order valence-electron chi connectivity index (χ3n) is 3.77. The molecular formula is C14H22N2O2S. The predicted molar refractivity (Wildman–Crippen MR) is 77.7 cm³/mol. The van der Waals surface area contributed by atoms with Crippen LogP contribution in [0.15, 0.2) is 29.2 Å². The molecular weight excluding hydrogens is 260 g/mol. The molecule has 0 aromatic heterocycles. The molecule has 1 atom stereocenters. The van der Waals surface area contributed by atoms with Gasteiger partial charge in [0.05, 0.1) is 4.90 Å². The van der Waals surface area contributed by atoms with Crippen molar-refractivity contribution >= 4 is 15.7 Å². The van der Waals surface area contributed by atoms with Crippen LogP contribution >= 0.6 is 0 Å². The average Bonchev–Trinajstić information content (AvgIpc) is 2.95. The van der Waals surface area contributed by atoms with Gasteiger partial charge in [0.15, 0.2) is 0 Å². The highest BCUT2D eigenvalue weighted by atomic mass is 32.2. The fraction of sp³-hybridized carbons (Fsp3) is 0.571. The van der Waals surface area contributed by atoms with E-state index in [0.717, 1.165) is 18.2 Å². The summed E-state index contributed by atoms with van der Waals surface area (Å²) >= 11 is 0. The maximum atomic E-state index is 11.8. The topological polar surface area (TPSA) is 58.2 Å². The average molecular weight is 282 g/mol. The molecule has 5 heteroatoms. The van der Waals surface area contributed by atoms with E-state index in [1.807, 2.05) is 12.1 Å². The van der Waals surface area contributed by atoms with Crippen molar-refractivity contribution < 1.29 is 8.42 Å². The van der Waals surface area contributed by atoms with E-state index in [9.17, 15) is 8.42 Å². The Hall–Kier alpha value is -1.07. The molecule has 1 aromatic rings. The Morgan fingerprint density at radius 1 is 1.26 bits per heavy atom.